The molecule has 1 amide bonds. The van der Waals surface area contributed by atoms with Crippen molar-refractivity contribution in [3.8, 4) is 0 Å². The molecule has 0 aliphatic carbocycles. The van der Waals surface area contributed by atoms with E-state index in [1.165, 1.54) is 12.1 Å². The van der Waals surface area contributed by atoms with Gasteiger partial charge in [0, 0.05) is 17.0 Å². The van der Waals surface area contributed by atoms with E-state index >= 15 is 0 Å². The second kappa shape index (κ2) is 8.36. The van der Waals surface area contributed by atoms with E-state index < -0.39 is 11.9 Å². The van der Waals surface area contributed by atoms with Crippen LogP contribution in [0.25, 0.3) is 5.57 Å². The number of carbonyl (C=O) groups excluding carboxylic acids is 1. The highest BCUT2D eigenvalue weighted by atomic mass is 32.2. The molecular formula is C25H22FNO2S. The molecule has 0 unspecified atom stereocenters. The van der Waals surface area contributed by atoms with Crippen molar-refractivity contribution >= 4 is 23.2 Å². The first-order valence-electron chi connectivity index (χ1n) is 9.67. The number of amides is 1. The van der Waals surface area contributed by atoms with Crippen molar-refractivity contribution in [3.05, 3.63) is 107 Å². The molecule has 0 radical (unpaired) electrons. The smallest absolute Gasteiger partial charge is 0.290 e. The molecule has 30 heavy (non-hydrogen) atoms. The van der Waals surface area contributed by atoms with Crippen LogP contribution in [-0.4, -0.2) is 22.2 Å². The topological polar surface area (TPSA) is 40.5 Å². The van der Waals surface area contributed by atoms with Crippen molar-refractivity contribution in [1.82, 2.24) is 4.90 Å². The minimum atomic E-state index is -0.573. The first kappa shape index (κ1) is 20.2. The molecule has 3 aromatic carbocycles. The van der Waals surface area contributed by atoms with Gasteiger partial charge in [-0.2, -0.15) is 0 Å². The molecule has 5 heteroatoms. The van der Waals surface area contributed by atoms with E-state index in [0.717, 1.165) is 21.6 Å². The number of aryl methyl sites for hydroxylation is 1. The lowest BCUT2D eigenvalue weighted by atomic mass is 9.93. The molecule has 0 spiro atoms. The molecule has 1 N–H and O–H groups in total. The normalized spacial score (nSPS) is 16.4. The van der Waals surface area contributed by atoms with Gasteiger partial charge in [0.05, 0.1) is 6.04 Å². The predicted molar refractivity (Wildman–Crippen MR) is 119 cm³/mol. The van der Waals surface area contributed by atoms with Gasteiger partial charge in [0.15, 0.2) is 5.76 Å². The van der Waals surface area contributed by atoms with Crippen molar-refractivity contribution in [1.29, 1.82) is 0 Å². The first-order valence-corrected chi connectivity index (χ1v) is 10.9. The van der Waals surface area contributed by atoms with E-state index in [2.05, 4.69) is 0 Å². The standard InChI is InChI=1S/C25H22FNO2S/c1-16-6-10-18(11-7-16)22-23(19-4-3-5-20(26)14-19)27(25(29)24(22)28)15-17-8-12-21(30-2)13-9-17/h3-14,23,28H,15H2,1-2H3/t23-/m1/s1. The van der Waals surface area contributed by atoms with Gasteiger partial charge in [-0.05, 0) is 54.1 Å². The van der Waals surface area contributed by atoms with Crippen LogP contribution in [0, 0.1) is 12.7 Å². The summed E-state index contributed by atoms with van der Waals surface area (Å²) in [4.78, 5) is 15.8. The van der Waals surface area contributed by atoms with Gasteiger partial charge in [-0.3, -0.25) is 4.79 Å². The van der Waals surface area contributed by atoms with Gasteiger partial charge >= 0.3 is 0 Å². The van der Waals surface area contributed by atoms with Crippen molar-refractivity contribution in [2.45, 2.75) is 24.4 Å². The quantitative estimate of drug-likeness (QED) is 0.523. The lowest BCUT2D eigenvalue weighted by molar-refractivity contribution is -0.130. The minimum absolute atomic E-state index is 0.283. The Balaban J connectivity index is 1.78. The van der Waals surface area contributed by atoms with E-state index in [0.29, 0.717) is 17.7 Å². The van der Waals surface area contributed by atoms with Crippen LogP contribution in [0.1, 0.15) is 28.3 Å². The molecule has 4 rings (SSSR count). The van der Waals surface area contributed by atoms with Crippen LogP contribution in [-0.2, 0) is 11.3 Å². The molecule has 0 aromatic heterocycles. The number of nitrogens with zero attached hydrogens (tertiary/aromatic N) is 1. The molecule has 0 saturated heterocycles. The average Bonchev–Trinajstić information content (AvgIpc) is 3.00. The summed E-state index contributed by atoms with van der Waals surface area (Å²) in [6.07, 6.45) is 2.01. The number of benzene rings is 3. The zero-order chi connectivity index (χ0) is 21.3. The number of aliphatic hydroxyl groups is 1. The van der Waals surface area contributed by atoms with Crippen LogP contribution in [0.4, 0.5) is 4.39 Å². The van der Waals surface area contributed by atoms with Gasteiger partial charge in [0.2, 0.25) is 0 Å². The summed E-state index contributed by atoms with van der Waals surface area (Å²) in [5, 5.41) is 10.8. The maximum absolute atomic E-state index is 14.1. The zero-order valence-corrected chi connectivity index (χ0v) is 17.6. The Labute approximate surface area is 179 Å². The van der Waals surface area contributed by atoms with Crippen molar-refractivity contribution in [3.63, 3.8) is 0 Å². The van der Waals surface area contributed by atoms with Crippen LogP contribution in [0.3, 0.4) is 0 Å². The number of thioether (sulfide) groups is 1. The summed E-state index contributed by atoms with van der Waals surface area (Å²) in [7, 11) is 0. The molecule has 3 nitrogen and oxygen atoms in total. The number of hydrogen-bond donors (Lipinski definition) is 1. The van der Waals surface area contributed by atoms with Crippen LogP contribution < -0.4 is 0 Å². The predicted octanol–water partition coefficient (Wildman–Crippen LogP) is 5.91. The van der Waals surface area contributed by atoms with Crippen molar-refractivity contribution < 1.29 is 14.3 Å². The third-order valence-corrected chi connectivity index (χ3v) is 6.09. The van der Waals surface area contributed by atoms with E-state index in [9.17, 15) is 14.3 Å². The summed E-state index contributed by atoms with van der Waals surface area (Å²) in [6, 6.07) is 21.3. The second-order valence-corrected chi connectivity index (χ2v) is 8.25. The monoisotopic (exact) mass is 419 g/mol. The Kier molecular flexibility index (Phi) is 5.64. The highest BCUT2D eigenvalue weighted by Gasteiger charge is 2.41. The molecule has 152 valence electrons. The maximum Gasteiger partial charge on any atom is 0.290 e. The molecule has 1 aliphatic rings. The molecular weight excluding hydrogens is 397 g/mol. The van der Waals surface area contributed by atoms with Gasteiger partial charge in [-0.1, -0.05) is 54.1 Å². The lowest BCUT2D eigenvalue weighted by Gasteiger charge is -2.27. The van der Waals surface area contributed by atoms with Crippen molar-refractivity contribution in [2.75, 3.05) is 6.26 Å². The summed E-state index contributed by atoms with van der Waals surface area (Å²) in [5.41, 5.74) is 3.91. The Hall–Kier alpha value is -3.05. The SMILES string of the molecule is CSc1ccc(CN2C(=O)C(O)=C(c3ccc(C)cc3)[C@H]2c2cccc(F)c2)cc1. The molecule has 3 aromatic rings. The Morgan fingerprint density at radius 3 is 2.37 bits per heavy atom. The number of halogens is 1. The molecule has 0 fully saturated rings. The zero-order valence-electron chi connectivity index (χ0n) is 16.8. The van der Waals surface area contributed by atoms with Crippen LogP contribution in [0.2, 0.25) is 0 Å². The van der Waals surface area contributed by atoms with Crippen LogP contribution >= 0.6 is 11.8 Å². The average molecular weight is 420 g/mol. The van der Waals surface area contributed by atoms with Crippen LogP contribution in [0.15, 0.2) is 83.5 Å². The number of aliphatic hydroxyl groups excluding tert-OH is 1. The van der Waals surface area contributed by atoms with E-state index in [1.807, 2.05) is 61.7 Å². The number of carbonyl (C=O) groups is 1. The Bertz CT molecular complexity index is 1110. The Morgan fingerprint density at radius 1 is 1.03 bits per heavy atom. The maximum atomic E-state index is 14.1. The third-order valence-electron chi connectivity index (χ3n) is 5.34. The van der Waals surface area contributed by atoms with Crippen LogP contribution in [0.5, 0.6) is 0 Å². The highest BCUT2D eigenvalue weighted by molar-refractivity contribution is 7.98. The van der Waals surface area contributed by atoms with Gasteiger partial charge in [-0.15, -0.1) is 11.8 Å². The van der Waals surface area contributed by atoms with Gasteiger partial charge in [0.1, 0.15) is 5.82 Å². The summed E-state index contributed by atoms with van der Waals surface area (Å²) in [5.74, 6) is -1.11. The summed E-state index contributed by atoms with van der Waals surface area (Å²) < 4.78 is 14.1. The largest absolute Gasteiger partial charge is 0.503 e. The minimum Gasteiger partial charge on any atom is -0.503 e. The summed E-state index contributed by atoms with van der Waals surface area (Å²) in [6.45, 7) is 2.29. The molecule has 1 aliphatic heterocycles. The summed E-state index contributed by atoms with van der Waals surface area (Å²) >= 11 is 1.65. The molecule has 1 atom stereocenters. The molecule has 0 saturated carbocycles. The first-order chi connectivity index (χ1) is 14.5. The van der Waals surface area contributed by atoms with E-state index in [-0.39, 0.29) is 11.6 Å². The van der Waals surface area contributed by atoms with Gasteiger partial charge < -0.3 is 10.0 Å². The lowest BCUT2D eigenvalue weighted by Crippen LogP contribution is -2.29. The number of hydrogen-bond acceptors (Lipinski definition) is 3. The third kappa shape index (κ3) is 3.85. The fourth-order valence-electron chi connectivity index (χ4n) is 3.80. The van der Waals surface area contributed by atoms with Gasteiger partial charge in [-0.25, -0.2) is 4.39 Å². The van der Waals surface area contributed by atoms with Crippen molar-refractivity contribution in [2.24, 2.45) is 0 Å². The van der Waals surface area contributed by atoms with Gasteiger partial charge in [0.25, 0.3) is 5.91 Å². The molecule has 1 heterocycles. The van der Waals surface area contributed by atoms with E-state index in [1.54, 1.807) is 28.8 Å². The Morgan fingerprint density at radius 2 is 1.73 bits per heavy atom. The highest BCUT2D eigenvalue weighted by Crippen LogP contribution is 2.43. The fraction of sp³-hybridized carbons (Fsp3) is 0.160. The second-order valence-electron chi connectivity index (χ2n) is 7.37. The molecule has 0 bridgehead atoms. The van der Waals surface area contributed by atoms with E-state index in [4.69, 9.17) is 0 Å². The fourth-order valence-corrected chi connectivity index (χ4v) is 4.20. The number of rotatable bonds is 5.